The average molecular weight is 475 g/mol. The summed E-state index contributed by atoms with van der Waals surface area (Å²) in [6.45, 7) is 10.5. The molecule has 7 heteroatoms. The Balaban J connectivity index is 0.00000338. The van der Waals surface area contributed by atoms with Crippen LogP contribution in [0.15, 0.2) is 29.3 Å². The van der Waals surface area contributed by atoms with E-state index in [2.05, 4.69) is 58.3 Å². The molecule has 1 aromatic rings. The van der Waals surface area contributed by atoms with Gasteiger partial charge in [0.15, 0.2) is 5.96 Å². The number of hydrogen-bond acceptors (Lipinski definition) is 4. The fraction of sp³-hybridized carbons (Fsp3) is 0.632. The summed E-state index contributed by atoms with van der Waals surface area (Å²) in [4.78, 5) is 9.17. The minimum Gasteiger partial charge on any atom is -0.379 e. The zero-order valence-corrected chi connectivity index (χ0v) is 18.4. The highest BCUT2D eigenvalue weighted by molar-refractivity contribution is 14.0. The maximum Gasteiger partial charge on any atom is 0.188 e. The highest BCUT2D eigenvalue weighted by Gasteiger charge is 2.09. The first-order chi connectivity index (χ1) is 12.2. The van der Waals surface area contributed by atoms with Crippen LogP contribution >= 0.6 is 24.0 Å². The molecule has 0 atom stereocenters. The van der Waals surface area contributed by atoms with Crippen molar-refractivity contribution in [1.29, 1.82) is 0 Å². The first-order valence-corrected chi connectivity index (χ1v) is 9.27. The van der Waals surface area contributed by atoms with Crippen molar-refractivity contribution in [1.82, 2.24) is 15.1 Å². The Morgan fingerprint density at radius 1 is 1.31 bits per heavy atom. The number of nitrogens with zero attached hydrogens (tertiary/aromatic N) is 3. The van der Waals surface area contributed by atoms with Crippen molar-refractivity contribution < 1.29 is 4.74 Å². The van der Waals surface area contributed by atoms with E-state index in [1.54, 1.807) is 0 Å². The lowest BCUT2D eigenvalue weighted by Gasteiger charge is -2.26. The third kappa shape index (κ3) is 9.16. The van der Waals surface area contributed by atoms with Crippen LogP contribution in [0.5, 0.6) is 0 Å². The third-order valence-electron chi connectivity index (χ3n) is 4.48. The average Bonchev–Trinajstić information content (AvgIpc) is 2.64. The van der Waals surface area contributed by atoms with Crippen molar-refractivity contribution in [2.75, 3.05) is 53.0 Å². The zero-order chi connectivity index (χ0) is 17.9. The van der Waals surface area contributed by atoms with E-state index in [1.165, 1.54) is 11.1 Å². The molecule has 0 unspecified atom stereocenters. The molecule has 0 aliphatic carbocycles. The van der Waals surface area contributed by atoms with Gasteiger partial charge in [-0.3, -0.25) is 4.90 Å². The lowest BCUT2D eigenvalue weighted by molar-refractivity contribution is 0.0376. The van der Waals surface area contributed by atoms with Crippen LogP contribution in [0.1, 0.15) is 24.5 Å². The van der Waals surface area contributed by atoms with Gasteiger partial charge >= 0.3 is 0 Å². The van der Waals surface area contributed by atoms with Gasteiger partial charge in [-0.2, -0.15) is 0 Å². The minimum absolute atomic E-state index is 0. The van der Waals surface area contributed by atoms with Crippen molar-refractivity contribution in [3.05, 3.63) is 35.4 Å². The molecule has 0 amide bonds. The fourth-order valence-corrected chi connectivity index (χ4v) is 2.83. The molecule has 0 aromatic heterocycles. The van der Waals surface area contributed by atoms with Crippen LogP contribution in [0.2, 0.25) is 0 Å². The highest BCUT2D eigenvalue weighted by Crippen LogP contribution is 2.08. The van der Waals surface area contributed by atoms with Crippen LogP contribution < -0.4 is 11.1 Å². The molecule has 0 spiro atoms. The molecular formula is C19H34IN5O. The second-order valence-electron chi connectivity index (χ2n) is 6.59. The van der Waals surface area contributed by atoms with Gasteiger partial charge in [0.05, 0.1) is 19.8 Å². The second kappa shape index (κ2) is 13.3. The topological polar surface area (TPSA) is 66.1 Å². The number of ether oxygens (including phenoxy) is 1. The summed E-state index contributed by atoms with van der Waals surface area (Å²) in [7, 11) is 2.13. The van der Waals surface area contributed by atoms with Gasteiger partial charge < -0.3 is 20.7 Å². The standard InChI is InChI=1S/C19H33N5O.HI/c1-3-23(2)16-18-7-4-6-17(14-18)15-22-19(20)21-8-5-9-24-10-12-25-13-11-24;/h4,6-7,14H,3,5,8-13,15-16H2,1-2H3,(H3,20,21,22);1H. The van der Waals surface area contributed by atoms with Crippen LogP contribution in [0.4, 0.5) is 0 Å². The number of hydrogen-bond donors (Lipinski definition) is 2. The van der Waals surface area contributed by atoms with Crippen LogP contribution in [-0.2, 0) is 17.8 Å². The summed E-state index contributed by atoms with van der Waals surface area (Å²) in [6, 6.07) is 8.56. The van der Waals surface area contributed by atoms with Crippen molar-refractivity contribution in [3.63, 3.8) is 0 Å². The first kappa shape index (κ1) is 23.1. The number of morpholine rings is 1. The maximum atomic E-state index is 5.98. The predicted octanol–water partition coefficient (Wildman–Crippen LogP) is 1.88. The van der Waals surface area contributed by atoms with Crippen molar-refractivity contribution in [3.8, 4) is 0 Å². The number of guanidine groups is 1. The number of nitrogens with two attached hydrogens (primary N) is 1. The molecule has 1 saturated heterocycles. The van der Waals surface area contributed by atoms with Crippen LogP contribution in [-0.4, -0.2) is 68.7 Å². The van der Waals surface area contributed by atoms with E-state index in [0.717, 1.165) is 58.9 Å². The van der Waals surface area contributed by atoms with Gasteiger partial charge in [-0.15, -0.1) is 24.0 Å². The van der Waals surface area contributed by atoms with Gasteiger partial charge in [-0.25, -0.2) is 4.99 Å². The molecule has 0 saturated carbocycles. The SMILES string of the molecule is CCN(C)Cc1cccc(CN=C(N)NCCCN2CCOCC2)c1.I. The number of rotatable bonds is 9. The molecule has 6 nitrogen and oxygen atoms in total. The summed E-state index contributed by atoms with van der Waals surface area (Å²) in [5.41, 5.74) is 8.49. The largest absolute Gasteiger partial charge is 0.379 e. The molecule has 0 bridgehead atoms. The Hall–Kier alpha value is -0.900. The van der Waals surface area contributed by atoms with Gasteiger partial charge in [0.25, 0.3) is 0 Å². The van der Waals surface area contributed by atoms with Crippen molar-refractivity contribution in [2.24, 2.45) is 10.7 Å². The zero-order valence-electron chi connectivity index (χ0n) is 16.1. The molecule has 1 aromatic carbocycles. The first-order valence-electron chi connectivity index (χ1n) is 9.27. The Kier molecular flexibility index (Phi) is 11.8. The maximum absolute atomic E-state index is 5.98. The quantitative estimate of drug-likeness (QED) is 0.247. The fourth-order valence-electron chi connectivity index (χ4n) is 2.83. The molecule has 1 aliphatic rings. The molecule has 3 N–H and O–H groups in total. The molecular weight excluding hydrogens is 441 g/mol. The Morgan fingerprint density at radius 2 is 2.04 bits per heavy atom. The molecule has 1 aliphatic heterocycles. The van der Waals surface area contributed by atoms with Crippen molar-refractivity contribution in [2.45, 2.75) is 26.4 Å². The number of aliphatic imine (C=N–C) groups is 1. The normalized spacial score (nSPS) is 15.7. The summed E-state index contributed by atoms with van der Waals surface area (Å²) in [5, 5.41) is 3.21. The Morgan fingerprint density at radius 3 is 2.77 bits per heavy atom. The smallest absolute Gasteiger partial charge is 0.188 e. The molecule has 0 radical (unpaired) electrons. The minimum atomic E-state index is 0. The predicted molar refractivity (Wildman–Crippen MR) is 119 cm³/mol. The molecule has 148 valence electrons. The lowest BCUT2D eigenvalue weighted by atomic mass is 10.1. The molecule has 26 heavy (non-hydrogen) atoms. The van der Waals surface area contributed by atoms with Gasteiger partial charge in [0, 0.05) is 26.2 Å². The van der Waals surface area contributed by atoms with Gasteiger partial charge in [-0.1, -0.05) is 31.2 Å². The summed E-state index contributed by atoms with van der Waals surface area (Å²) in [5.74, 6) is 0.526. The van der Waals surface area contributed by atoms with Crippen LogP contribution in [0.25, 0.3) is 0 Å². The monoisotopic (exact) mass is 475 g/mol. The van der Waals surface area contributed by atoms with Gasteiger partial charge in [0.2, 0.25) is 0 Å². The number of nitrogens with one attached hydrogen (secondary N) is 1. The number of benzene rings is 1. The van der Waals surface area contributed by atoms with E-state index in [-0.39, 0.29) is 24.0 Å². The van der Waals surface area contributed by atoms with Gasteiger partial charge in [-0.05, 0) is 37.7 Å². The molecule has 2 rings (SSSR count). The van der Waals surface area contributed by atoms with Gasteiger partial charge in [0.1, 0.15) is 0 Å². The highest BCUT2D eigenvalue weighted by atomic mass is 127. The third-order valence-corrected chi connectivity index (χ3v) is 4.48. The van der Waals surface area contributed by atoms with Crippen LogP contribution in [0.3, 0.4) is 0 Å². The second-order valence-corrected chi connectivity index (χ2v) is 6.59. The Labute approximate surface area is 175 Å². The lowest BCUT2D eigenvalue weighted by Crippen LogP contribution is -2.39. The molecule has 1 heterocycles. The van der Waals surface area contributed by atoms with E-state index in [0.29, 0.717) is 12.5 Å². The van der Waals surface area contributed by atoms with E-state index >= 15 is 0 Å². The van der Waals surface area contributed by atoms with Crippen molar-refractivity contribution >= 4 is 29.9 Å². The Bertz CT molecular complexity index is 534. The van der Waals surface area contributed by atoms with E-state index in [1.807, 2.05) is 0 Å². The summed E-state index contributed by atoms with van der Waals surface area (Å²) < 4.78 is 5.35. The van der Waals surface area contributed by atoms with E-state index in [9.17, 15) is 0 Å². The van der Waals surface area contributed by atoms with E-state index < -0.39 is 0 Å². The number of halogens is 1. The summed E-state index contributed by atoms with van der Waals surface area (Å²) >= 11 is 0. The van der Waals surface area contributed by atoms with E-state index in [4.69, 9.17) is 10.5 Å². The van der Waals surface area contributed by atoms with Crippen LogP contribution in [0, 0.1) is 0 Å². The molecule has 1 fully saturated rings. The summed E-state index contributed by atoms with van der Waals surface area (Å²) in [6.07, 6.45) is 1.06.